The molecule has 1 amide bonds. The molecule has 1 aliphatic heterocycles. The normalized spacial score (nSPS) is 15.0. The van der Waals surface area contributed by atoms with Gasteiger partial charge in [0.05, 0.1) is 22.0 Å². The standard InChI is InChI=1S/C23H22FN3O2S2/c1-15-13-19-21(31-15)22(29)27(12-11-16-7-3-2-4-8-16)23(26-19)30-14-20(28)25-18-10-6-5-9-17(18)24/h2-10,15H,11-14H2,1H3,(H,25,28). The van der Waals surface area contributed by atoms with Gasteiger partial charge in [-0.05, 0) is 24.1 Å². The molecule has 31 heavy (non-hydrogen) atoms. The number of anilines is 1. The van der Waals surface area contributed by atoms with E-state index in [1.54, 1.807) is 28.5 Å². The fourth-order valence-corrected chi connectivity index (χ4v) is 5.36. The van der Waals surface area contributed by atoms with Crippen LogP contribution < -0.4 is 10.9 Å². The van der Waals surface area contributed by atoms with Crippen LogP contribution in [0.5, 0.6) is 0 Å². The van der Waals surface area contributed by atoms with Gasteiger partial charge in [0.25, 0.3) is 5.56 Å². The van der Waals surface area contributed by atoms with Gasteiger partial charge < -0.3 is 5.32 Å². The first-order valence-electron chi connectivity index (χ1n) is 10.0. The lowest BCUT2D eigenvalue weighted by Gasteiger charge is -2.14. The Labute approximate surface area is 188 Å². The molecule has 0 aliphatic carbocycles. The predicted molar refractivity (Wildman–Crippen MR) is 123 cm³/mol. The molecule has 0 bridgehead atoms. The molecule has 2 aromatic carbocycles. The van der Waals surface area contributed by atoms with Crippen molar-refractivity contribution in [3.63, 3.8) is 0 Å². The van der Waals surface area contributed by atoms with E-state index in [1.807, 2.05) is 30.3 Å². The van der Waals surface area contributed by atoms with Crippen LogP contribution in [0.15, 0.2) is 69.4 Å². The predicted octanol–water partition coefficient (Wildman–Crippen LogP) is 4.39. The first-order chi connectivity index (χ1) is 15.0. The van der Waals surface area contributed by atoms with Gasteiger partial charge in [-0.2, -0.15) is 0 Å². The Hall–Kier alpha value is -2.58. The Morgan fingerprint density at radius 2 is 1.97 bits per heavy atom. The quantitative estimate of drug-likeness (QED) is 0.423. The number of aryl methyl sites for hydroxylation is 1. The van der Waals surface area contributed by atoms with Crippen molar-refractivity contribution in [3.8, 4) is 0 Å². The zero-order chi connectivity index (χ0) is 21.8. The Morgan fingerprint density at radius 3 is 2.74 bits per heavy atom. The molecule has 8 heteroatoms. The van der Waals surface area contributed by atoms with Gasteiger partial charge in [-0.15, -0.1) is 11.8 Å². The third-order valence-corrected chi connectivity index (χ3v) is 7.10. The fraction of sp³-hybridized carbons (Fsp3) is 0.261. The van der Waals surface area contributed by atoms with E-state index in [2.05, 4.69) is 12.2 Å². The lowest BCUT2D eigenvalue weighted by atomic mass is 10.1. The first-order valence-corrected chi connectivity index (χ1v) is 11.9. The number of nitrogens with zero attached hydrogens (tertiary/aromatic N) is 2. The van der Waals surface area contributed by atoms with Crippen molar-refractivity contribution in [2.45, 2.75) is 41.6 Å². The van der Waals surface area contributed by atoms with Crippen molar-refractivity contribution in [1.29, 1.82) is 0 Å². The number of halogens is 1. The maximum absolute atomic E-state index is 13.8. The highest BCUT2D eigenvalue weighted by atomic mass is 32.2. The number of benzene rings is 2. The smallest absolute Gasteiger partial charge is 0.268 e. The Kier molecular flexibility index (Phi) is 6.77. The van der Waals surface area contributed by atoms with Crippen LogP contribution in [0, 0.1) is 5.82 Å². The minimum atomic E-state index is -0.484. The molecule has 0 radical (unpaired) electrons. The number of aromatic nitrogens is 2. The van der Waals surface area contributed by atoms with Gasteiger partial charge in [0.1, 0.15) is 5.82 Å². The van der Waals surface area contributed by atoms with Gasteiger partial charge in [0.2, 0.25) is 5.91 Å². The first kappa shape index (κ1) is 21.6. The summed E-state index contributed by atoms with van der Waals surface area (Å²) in [6.45, 7) is 2.56. The number of hydrogen-bond acceptors (Lipinski definition) is 5. The molecule has 0 fully saturated rings. The van der Waals surface area contributed by atoms with E-state index in [4.69, 9.17) is 4.98 Å². The molecule has 0 saturated heterocycles. The van der Waals surface area contributed by atoms with E-state index in [0.29, 0.717) is 28.3 Å². The minimum Gasteiger partial charge on any atom is -0.323 e. The van der Waals surface area contributed by atoms with Crippen LogP contribution in [0.4, 0.5) is 10.1 Å². The number of hydrogen-bond donors (Lipinski definition) is 1. The number of thioether (sulfide) groups is 2. The molecular formula is C23H22FN3O2S2. The van der Waals surface area contributed by atoms with E-state index in [-0.39, 0.29) is 22.9 Å². The van der Waals surface area contributed by atoms with Gasteiger partial charge in [-0.25, -0.2) is 9.37 Å². The molecule has 5 nitrogen and oxygen atoms in total. The highest BCUT2D eigenvalue weighted by Crippen LogP contribution is 2.34. The topological polar surface area (TPSA) is 64.0 Å². The van der Waals surface area contributed by atoms with E-state index in [1.165, 1.54) is 23.9 Å². The summed E-state index contributed by atoms with van der Waals surface area (Å²) >= 11 is 2.77. The second-order valence-corrected chi connectivity index (χ2v) is 9.70. The van der Waals surface area contributed by atoms with Crippen molar-refractivity contribution >= 4 is 35.1 Å². The minimum absolute atomic E-state index is 0.0353. The van der Waals surface area contributed by atoms with Crippen LogP contribution in [0.1, 0.15) is 18.2 Å². The summed E-state index contributed by atoms with van der Waals surface area (Å²) < 4.78 is 15.5. The maximum atomic E-state index is 13.8. The van der Waals surface area contributed by atoms with Crippen LogP contribution in [-0.2, 0) is 24.2 Å². The van der Waals surface area contributed by atoms with Crippen molar-refractivity contribution in [2.24, 2.45) is 0 Å². The SMILES string of the molecule is CC1Cc2nc(SCC(=O)Nc3ccccc3F)n(CCc3ccccc3)c(=O)c2S1. The molecule has 1 atom stereocenters. The van der Waals surface area contributed by atoms with Crippen molar-refractivity contribution in [3.05, 3.63) is 82.0 Å². The molecule has 1 aliphatic rings. The molecule has 160 valence electrons. The third-order valence-electron chi connectivity index (χ3n) is 4.91. The van der Waals surface area contributed by atoms with E-state index in [0.717, 1.165) is 17.7 Å². The van der Waals surface area contributed by atoms with Crippen LogP contribution >= 0.6 is 23.5 Å². The van der Waals surface area contributed by atoms with Crippen molar-refractivity contribution in [2.75, 3.05) is 11.1 Å². The number of rotatable bonds is 7. The average molecular weight is 456 g/mol. The maximum Gasteiger partial charge on any atom is 0.268 e. The average Bonchev–Trinajstić information content (AvgIpc) is 3.14. The zero-order valence-corrected chi connectivity index (χ0v) is 18.6. The molecule has 1 N–H and O–H groups in total. The largest absolute Gasteiger partial charge is 0.323 e. The summed E-state index contributed by atoms with van der Waals surface area (Å²) in [5, 5.41) is 3.41. The second kappa shape index (κ2) is 9.70. The molecule has 0 saturated carbocycles. The highest BCUT2D eigenvalue weighted by molar-refractivity contribution is 8.00. The summed E-state index contributed by atoms with van der Waals surface area (Å²) in [6.07, 6.45) is 1.43. The molecule has 3 aromatic rings. The summed E-state index contributed by atoms with van der Waals surface area (Å²) in [5.41, 5.74) is 2.02. The lowest BCUT2D eigenvalue weighted by Crippen LogP contribution is -2.27. The molecule has 2 heterocycles. The summed E-state index contributed by atoms with van der Waals surface area (Å²) in [6, 6.07) is 16.0. The Morgan fingerprint density at radius 1 is 1.23 bits per heavy atom. The molecule has 4 rings (SSSR count). The van der Waals surface area contributed by atoms with Gasteiger partial charge >= 0.3 is 0 Å². The zero-order valence-electron chi connectivity index (χ0n) is 17.0. The molecule has 1 aromatic heterocycles. The van der Waals surface area contributed by atoms with E-state index in [9.17, 15) is 14.0 Å². The number of fused-ring (bicyclic) bond motifs is 1. The summed E-state index contributed by atoms with van der Waals surface area (Å²) in [4.78, 5) is 31.0. The second-order valence-electron chi connectivity index (χ2n) is 7.31. The van der Waals surface area contributed by atoms with Crippen molar-refractivity contribution < 1.29 is 9.18 Å². The fourth-order valence-electron chi connectivity index (χ4n) is 3.40. The van der Waals surface area contributed by atoms with E-state index < -0.39 is 5.82 Å². The van der Waals surface area contributed by atoms with Crippen LogP contribution in [-0.4, -0.2) is 26.5 Å². The van der Waals surface area contributed by atoms with Crippen LogP contribution in [0.3, 0.4) is 0 Å². The number of para-hydroxylation sites is 1. The molecule has 0 spiro atoms. The number of amides is 1. The Bertz CT molecular complexity index is 1150. The summed E-state index contributed by atoms with van der Waals surface area (Å²) in [7, 11) is 0. The molecular weight excluding hydrogens is 433 g/mol. The lowest BCUT2D eigenvalue weighted by molar-refractivity contribution is -0.113. The molecule has 1 unspecified atom stereocenters. The number of carbonyl (C=O) groups is 1. The van der Waals surface area contributed by atoms with Gasteiger partial charge in [-0.3, -0.25) is 14.2 Å². The number of nitrogens with one attached hydrogen (secondary N) is 1. The van der Waals surface area contributed by atoms with E-state index >= 15 is 0 Å². The highest BCUT2D eigenvalue weighted by Gasteiger charge is 2.26. The summed E-state index contributed by atoms with van der Waals surface area (Å²) in [5.74, 6) is -0.794. The van der Waals surface area contributed by atoms with Crippen molar-refractivity contribution in [1.82, 2.24) is 9.55 Å². The van der Waals surface area contributed by atoms with Gasteiger partial charge in [0.15, 0.2) is 5.16 Å². The Balaban J connectivity index is 1.53. The monoisotopic (exact) mass is 455 g/mol. The van der Waals surface area contributed by atoms with Gasteiger partial charge in [0, 0.05) is 18.2 Å². The van der Waals surface area contributed by atoms with Crippen LogP contribution in [0.25, 0.3) is 0 Å². The van der Waals surface area contributed by atoms with Crippen LogP contribution in [0.2, 0.25) is 0 Å². The third kappa shape index (κ3) is 5.19. The van der Waals surface area contributed by atoms with Gasteiger partial charge in [-0.1, -0.05) is 61.2 Å². The number of carbonyl (C=O) groups excluding carboxylic acids is 1.